The van der Waals surface area contributed by atoms with E-state index in [0.29, 0.717) is 12.1 Å². The minimum absolute atomic E-state index is 0.176. The fourth-order valence-corrected chi connectivity index (χ4v) is 2.41. The van der Waals surface area contributed by atoms with E-state index in [4.69, 9.17) is 0 Å². The van der Waals surface area contributed by atoms with Gasteiger partial charge in [0.2, 0.25) is 5.91 Å². The zero-order valence-electron chi connectivity index (χ0n) is 14.8. The first kappa shape index (κ1) is 19.2. The number of aliphatic carboxylic acids is 1. The van der Waals surface area contributed by atoms with Gasteiger partial charge in [0.15, 0.2) is 11.6 Å². The summed E-state index contributed by atoms with van der Waals surface area (Å²) >= 11 is 0. The van der Waals surface area contributed by atoms with Gasteiger partial charge in [-0.1, -0.05) is 20.3 Å². The van der Waals surface area contributed by atoms with Gasteiger partial charge in [-0.2, -0.15) is 0 Å². The number of carbonyl (C=O) groups is 2. The predicted molar refractivity (Wildman–Crippen MR) is 93.3 cm³/mol. The van der Waals surface area contributed by atoms with Crippen molar-refractivity contribution in [2.75, 3.05) is 0 Å². The van der Waals surface area contributed by atoms with E-state index in [1.54, 1.807) is 19.9 Å². The average molecular weight is 359 g/mol. The van der Waals surface area contributed by atoms with Crippen molar-refractivity contribution in [3.8, 4) is 11.6 Å². The maximum Gasteiger partial charge on any atom is 0.326 e. The summed E-state index contributed by atoms with van der Waals surface area (Å²) in [6.45, 7) is 5.19. The monoisotopic (exact) mass is 359 g/mol. The van der Waals surface area contributed by atoms with Crippen LogP contribution in [0.1, 0.15) is 31.5 Å². The lowest BCUT2D eigenvalue weighted by atomic mass is 9.99. The summed E-state index contributed by atoms with van der Waals surface area (Å²) in [5.74, 6) is -1.40. The predicted octanol–water partition coefficient (Wildman–Crippen LogP) is 0.693. The molecule has 26 heavy (non-hydrogen) atoms. The lowest BCUT2D eigenvalue weighted by Gasteiger charge is -2.20. The maximum absolute atomic E-state index is 12.3. The summed E-state index contributed by atoms with van der Waals surface area (Å²) in [5, 5.41) is 11.7. The van der Waals surface area contributed by atoms with E-state index in [9.17, 15) is 19.5 Å². The molecule has 2 rings (SSSR count). The number of aromatic nitrogens is 4. The van der Waals surface area contributed by atoms with E-state index < -0.39 is 23.5 Å². The molecule has 0 fully saturated rings. The molecular weight excluding hydrogens is 338 g/mol. The second kappa shape index (κ2) is 8.32. The zero-order valence-corrected chi connectivity index (χ0v) is 14.8. The maximum atomic E-state index is 12.3. The standard InChI is InChI=1S/C17H21N5O4/c1-4-9(2)13(17(25)26)21-12(23)8-11-10(3)20-15(22-16(11)24)14-18-6-5-7-19-14/h5-7,9,13H,4,8H2,1-3H3,(H,21,23)(H,25,26)(H,20,22,24)/t9-,13-/m0/s1. The van der Waals surface area contributed by atoms with Crippen molar-refractivity contribution in [2.45, 2.75) is 39.7 Å². The molecule has 0 radical (unpaired) electrons. The second-order valence-corrected chi connectivity index (χ2v) is 6.00. The zero-order chi connectivity index (χ0) is 19.3. The molecule has 9 nitrogen and oxygen atoms in total. The Morgan fingerprint density at radius 2 is 1.96 bits per heavy atom. The molecule has 138 valence electrons. The van der Waals surface area contributed by atoms with Crippen molar-refractivity contribution in [1.82, 2.24) is 25.3 Å². The molecule has 0 unspecified atom stereocenters. The number of carbonyl (C=O) groups excluding carboxylic acids is 1. The number of carboxylic acids is 1. The van der Waals surface area contributed by atoms with Gasteiger partial charge in [0.05, 0.1) is 6.42 Å². The molecule has 9 heteroatoms. The van der Waals surface area contributed by atoms with Gasteiger partial charge in [0, 0.05) is 23.7 Å². The highest BCUT2D eigenvalue weighted by atomic mass is 16.4. The molecule has 2 aromatic heterocycles. The third-order valence-electron chi connectivity index (χ3n) is 4.13. The molecule has 0 aromatic carbocycles. The van der Waals surface area contributed by atoms with Crippen LogP contribution < -0.4 is 10.9 Å². The van der Waals surface area contributed by atoms with Crippen LogP contribution in [-0.4, -0.2) is 43.0 Å². The molecule has 0 aliphatic heterocycles. The van der Waals surface area contributed by atoms with Crippen LogP contribution >= 0.6 is 0 Å². The first-order chi connectivity index (χ1) is 12.3. The Kier molecular flexibility index (Phi) is 6.16. The molecule has 0 aliphatic rings. The van der Waals surface area contributed by atoms with Gasteiger partial charge >= 0.3 is 5.97 Å². The molecule has 3 N–H and O–H groups in total. The third kappa shape index (κ3) is 4.50. The van der Waals surface area contributed by atoms with Crippen LogP contribution in [0.5, 0.6) is 0 Å². The van der Waals surface area contributed by atoms with Crippen molar-refractivity contribution in [1.29, 1.82) is 0 Å². The molecular formula is C17H21N5O4. The summed E-state index contributed by atoms with van der Waals surface area (Å²) in [4.78, 5) is 50.7. The van der Waals surface area contributed by atoms with Crippen molar-refractivity contribution in [3.63, 3.8) is 0 Å². The lowest BCUT2D eigenvalue weighted by Crippen LogP contribution is -2.46. The summed E-state index contributed by atoms with van der Waals surface area (Å²) < 4.78 is 0. The number of nitrogens with one attached hydrogen (secondary N) is 2. The van der Waals surface area contributed by atoms with Gasteiger partial charge < -0.3 is 15.4 Å². The molecule has 2 aromatic rings. The smallest absolute Gasteiger partial charge is 0.326 e. The van der Waals surface area contributed by atoms with Crippen molar-refractivity contribution < 1.29 is 14.7 Å². The molecule has 2 heterocycles. The molecule has 0 saturated heterocycles. The Balaban J connectivity index is 2.20. The van der Waals surface area contributed by atoms with Crippen LogP contribution in [0.15, 0.2) is 23.3 Å². The van der Waals surface area contributed by atoms with Gasteiger partial charge in [-0.3, -0.25) is 9.59 Å². The number of rotatable bonds is 7. The number of hydrogen-bond acceptors (Lipinski definition) is 6. The van der Waals surface area contributed by atoms with Crippen LogP contribution in [0.2, 0.25) is 0 Å². The Hall–Kier alpha value is -3.10. The topological polar surface area (TPSA) is 138 Å². The molecule has 0 bridgehead atoms. The molecule has 0 aliphatic carbocycles. The second-order valence-electron chi connectivity index (χ2n) is 6.00. The van der Waals surface area contributed by atoms with E-state index in [2.05, 4.69) is 25.3 Å². The summed E-state index contributed by atoms with van der Waals surface area (Å²) in [7, 11) is 0. The van der Waals surface area contributed by atoms with E-state index in [-0.39, 0.29) is 29.6 Å². The Morgan fingerprint density at radius 3 is 2.50 bits per heavy atom. The first-order valence-electron chi connectivity index (χ1n) is 8.22. The Labute approximate surface area is 149 Å². The molecule has 0 saturated carbocycles. The normalized spacial score (nSPS) is 13.0. The van der Waals surface area contributed by atoms with E-state index >= 15 is 0 Å². The van der Waals surface area contributed by atoms with Gasteiger partial charge in [0.1, 0.15) is 6.04 Å². The van der Waals surface area contributed by atoms with Crippen LogP contribution in [0.4, 0.5) is 0 Å². The van der Waals surface area contributed by atoms with Gasteiger partial charge in [-0.15, -0.1) is 0 Å². The Bertz CT molecular complexity index is 850. The quantitative estimate of drug-likeness (QED) is 0.661. The molecule has 2 atom stereocenters. The van der Waals surface area contributed by atoms with E-state index in [0.717, 1.165) is 0 Å². The number of amides is 1. The largest absolute Gasteiger partial charge is 0.480 e. The van der Waals surface area contributed by atoms with E-state index in [1.807, 2.05) is 6.92 Å². The fourth-order valence-electron chi connectivity index (χ4n) is 2.41. The van der Waals surface area contributed by atoms with Gasteiger partial charge in [0.25, 0.3) is 5.56 Å². The molecule has 1 amide bonds. The summed E-state index contributed by atoms with van der Waals surface area (Å²) in [5.41, 5.74) is 0.0581. The van der Waals surface area contributed by atoms with Gasteiger partial charge in [-0.25, -0.2) is 19.7 Å². The SMILES string of the molecule is CC[C@H](C)[C@H](NC(=O)Cc1c(C)nc(-c2ncccn2)[nH]c1=O)C(=O)O. The summed E-state index contributed by atoms with van der Waals surface area (Å²) in [6, 6.07) is 0.639. The van der Waals surface area contributed by atoms with Crippen molar-refractivity contribution in [2.24, 2.45) is 5.92 Å². The number of aryl methyl sites for hydroxylation is 1. The number of nitrogens with zero attached hydrogens (tertiary/aromatic N) is 3. The number of carboxylic acid groups (broad SMARTS) is 1. The highest BCUT2D eigenvalue weighted by molar-refractivity contribution is 5.85. The van der Waals surface area contributed by atoms with Crippen LogP contribution in [0, 0.1) is 12.8 Å². The first-order valence-corrected chi connectivity index (χ1v) is 8.22. The number of aromatic amines is 1. The Morgan fingerprint density at radius 1 is 1.31 bits per heavy atom. The van der Waals surface area contributed by atoms with Crippen LogP contribution in [0.3, 0.4) is 0 Å². The lowest BCUT2D eigenvalue weighted by molar-refractivity contribution is -0.143. The van der Waals surface area contributed by atoms with Crippen molar-refractivity contribution >= 4 is 11.9 Å². The average Bonchev–Trinajstić information content (AvgIpc) is 2.62. The number of H-pyrrole nitrogens is 1. The highest BCUT2D eigenvalue weighted by Gasteiger charge is 2.26. The van der Waals surface area contributed by atoms with Gasteiger partial charge in [-0.05, 0) is 18.9 Å². The number of hydrogen-bond donors (Lipinski definition) is 3. The van der Waals surface area contributed by atoms with Crippen LogP contribution in [-0.2, 0) is 16.0 Å². The van der Waals surface area contributed by atoms with E-state index in [1.165, 1.54) is 12.4 Å². The summed E-state index contributed by atoms with van der Waals surface area (Å²) in [6.07, 6.45) is 3.40. The minimum Gasteiger partial charge on any atom is -0.480 e. The van der Waals surface area contributed by atoms with Crippen LogP contribution in [0.25, 0.3) is 11.6 Å². The highest BCUT2D eigenvalue weighted by Crippen LogP contribution is 2.10. The molecule has 0 spiro atoms. The fraction of sp³-hybridized carbons (Fsp3) is 0.412. The third-order valence-corrected chi connectivity index (χ3v) is 4.13. The minimum atomic E-state index is -1.10. The van der Waals surface area contributed by atoms with Crippen molar-refractivity contribution in [3.05, 3.63) is 40.1 Å².